The molecule has 1 aliphatic heterocycles. The number of aliphatic hydroxyl groups is 1. The molecule has 1 aromatic heterocycles. The second kappa shape index (κ2) is 6.62. The quantitative estimate of drug-likeness (QED) is 0.675. The predicted molar refractivity (Wildman–Crippen MR) is 87.7 cm³/mol. The predicted octanol–water partition coefficient (Wildman–Crippen LogP) is 1.09. The highest BCUT2D eigenvalue weighted by Crippen LogP contribution is 2.30. The number of carboxylic acids is 1. The molecule has 4 N–H and O–H groups in total. The maximum absolute atomic E-state index is 11.8. The largest absolute Gasteiger partial charge is 0.477 e. The van der Waals surface area contributed by atoms with E-state index in [1.165, 1.54) is 0 Å². The van der Waals surface area contributed by atoms with E-state index in [2.05, 4.69) is 15.6 Å². The number of rotatable bonds is 4. The van der Waals surface area contributed by atoms with Gasteiger partial charge in [0.25, 0.3) is 0 Å². The topological polar surface area (TPSA) is 94.5 Å². The second-order valence-electron chi connectivity index (χ2n) is 5.94. The molecule has 0 saturated carbocycles. The lowest BCUT2D eigenvalue weighted by Gasteiger charge is -2.28. The van der Waals surface area contributed by atoms with Gasteiger partial charge in [-0.1, -0.05) is 18.2 Å². The fourth-order valence-electron chi connectivity index (χ4n) is 3.21. The first-order valence-corrected chi connectivity index (χ1v) is 7.85. The van der Waals surface area contributed by atoms with Crippen LogP contribution in [0.2, 0.25) is 0 Å². The minimum Gasteiger partial charge on any atom is -0.477 e. The van der Waals surface area contributed by atoms with Gasteiger partial charge in [-0.15, -0.1) is 0 Å². The van der Waals surface area contributed by atoms with E-state index in [0.717, 1.165) is 24.0 Å². The van der Waals surface area contributed by atoms with Crippen molar-refractivity contribution in [3.63, 3.8) is 0 Å². The number of hydrogen-bond acceptors (Lipinski definition) is 5. The number of benzene rings is 1. The van der Waals surface area contributed by atoms with Crippen molar-refractivity contribution in [2.45, 2.75) is 25.5 Å². The lowest BCUT2D eigenvalue weighted by Crippen LogP contribution is -2.43. The summed E-state index contributed by atoms with van der Waals surface area (Å²) in [6.45, 7) is 3.98. The Hall–Kier alpha value is -2.02. The van der Waals surface area contributed by atoms with Gasteiger partial charge in [0.2, 0.25) is 0 Å². The SMILES string of the molecule is CC(O)Cc1c(C2CNCCN2)c(C(=O)O)nc2ccccc12. The summed E-state index contributed by atoms with van der Waals surface area (Å²) in [5.74, 6) is -1.04. The molecule has 0 amide bonds. The van der Waals surface area contributed by atoms with E-state index in [9.17, 15) is 15.0 Å². The zero-order valence-electron chi connectivity index (χ0n) is 13.0. The zero-order valence-corrected chi connectivity index (χ0v) is 13.0. The van der Waals surface area contributed by atoms with E-state index >= 15 is 0 Å². The van der Waals surface area contributed by atoms with Crippen LogP contribution in [-0.2, 0) is 6.42 Å². The number of nitrogens with one attached hydrogen (secondary N) is 2. The second-order valence-corrected chi connectivity index (χ2v) is 5.94. The number of nitrogens with zero attached hydrogens (tertiary/aromatic N) is 1. The standard InChI is InChI=1S/C17H21N3O3/c1-10(21)8-12-11-4-2-3-5-13(11)20-16(17(22)23)15(12)14-9-18-6-7-19-14/h2-5,10,14,18-19,21H,6-9H2,1H3,(H,22,23). The third-order valence-electron chi connectivity index (χ3n) is 4.13. The molecule has 122 valence electrons. The van der Waals surface area contributed by atoms with Crippen LogP contribution in [-0.4, -0.2) is 46.9 Å². The Labute approximate surface area is 134 Å². The minimum absolute atomic E-state index is 0.0700. The van der Waals surface area contributed by atoms with Crippen LogP contribution in [0.25, 0.3) is 10.9 Å². The molecule has 0 radical (unpaired) electrons. The highest BCUT2D eigenvalue weighted by molar-refractivity contribution is 5.94. The van der Waals surface area contributed by atoms with Crippen LogP contribution in [0.1, 0.15) is 34.6 Å². The van der Waals surface area contributed by atoms with Crippen LogP contribution in [0, 0.1) is 0 Å². The molecule has 1 aliphatic rings. The molecule has 0 spiro atoms. The summed E-state index contributed by atoms with van der Waals surface area (Å²) in [7, 11) is 0. The third-order valence-corrected chi connectivity index (χ3v) is 4.13. The number of hydrogen-bond donors (Lipinski definition) is 4. The van der Waals surface area contributed by atoms with Crippen molar-refractivity contribution in [3.05, 3.63) is 41.1 Å². The van der Waals surface area contributed by atoms with Crippen molar-refractivity contribution in [2.24, 2.45) is 0 Å². The maximum atomic E-state index is 11.8. The molecule has 3 rings (SSSR count). The molecule has 1 fully saturated rings. The van der Waals surface area contributed by atoms with Crippen LogP contribution < -0.4 is 10.6 Å². The molecule has 23 heavy (non-hydrogen) atoms. The summed E-state index contributed by atoms with van der Waals surface area (Å²) >= 11 is 0. The van der Waals surface area contributed by atoms with Crippen LogP contribution in [0.15, 0.2) is 24.3 Å². The number of piperazine rings is 1. The van der Waals surface area contributed by atoms with E-state index in [1.54, 1.807) is 6.92 Å². The number of aromatic nitrogens is 1. The summed E-state index contributed by atoms with van der Waals surface area (Å²) in [6, 6.07) is 7.37. The van der Waals surface area contributed by atoms with Gasteiger partial charge >= 0.3 is 5.97 Å². The van der Waals surface area contributed by atoms with Gasteiger partial charge in [-0.3, -0.25) is 0 Å². The number of pyridine rings is 1. The van der Waals surface area contributed by atoms with Crippen molar-refractivity contribution >= 4 is 16.9 Å². The smallest absolute Gasteiger partial charge is 0.354 e. The molecule has 1 saturated heterocycles. The molecule has 2 aromatic rings. The van der Waals surface area contributed by atoms with Gasteiger partial charge in [0.15, 0.2) is 5.69 Å². The van der Waals surface area contributed by atoms with Crippen LogP contribution in [0.3, 0.4) is 0 Å². The average molecular weight is 315 g/mol. The van der Waals surface area contributed by atoms with E-state index in [0.29, 0.717) is 24.0 Å². The minimum atomic E-state index is -1.04. The van der Waals surface area contributed by atoms with Crippen LogP contribution in [0.5, 0.6) is 0 Å². The molecule has 0 aliphatic carbocycles. The number of para-hydroxylation sites is 1. The molecule has 1 aromatic carbocycles. The third kappa shape index (κ3) is 3.19. The Morgan fingerprint density at radius 2 is 2.17 bits per heavy atom. The maximum Gasteiger partial charge on any atom is 0.354 e. The zero-order chi connectivity index (χ0) is 16.4. The van der Waals surface area contributed by atoms with Gasteiger partial charge in [-0.2, -0.15) is 0 Å². The normalized spacial score (nSPS) is 19.7. The van der Waals surface area contributed by atoms with E-state index in [-0.39, 0.29) is 11.7 Å². The van der Waals surface area contributed by atoms with Gasteiger partial charge < -0.3 is 20.8 Å². The number of carboxylic acid groups (broad SMARTS) is 1. The highest BCUT2D eigenvalue weighted by atomic mass is 16.4. The van der Waals surface area contributed by atoms with Gasteiger partial charge in [0.1, 0.15) is 0 Å². The number of fused-ring (bicyclic) bond motifs is 1. The summed E-state index contributed by atoms with van der Waals surface area (Å²) < 4.78 is 0. The van der Waals surface area contributed by atoms with Crippen molar-refractivity contribution in [3.8, 4) is 0 Å². The molecule has 6 nitrogen and oxygen atoms in total. The van der Waals surface area contributed by atoms with Gasteiger partial charge in [0, 0.05) is 36.6 Å². The van der Waals surface area contributed by atoms with Gasteiger partial charge in [0.05, 0.1) is 11.6 Å². The van der Waals surface area contributed by atoms with E-state index < -0.39 is 12.1 Å². The average Bonchev–Trinajstić information content (AvgIpc) is 2.54. The Bertz CT molecular complexity index is 724. The Balaban J connectivity index is 2.27. The first kappa shape index (κ1) is 15.9. The monoisotopic (exact) mass is 315 g/mol. The molecular formula is C17H21N3O3. The Morgan fingerprint density at radius 3 is 2.83 bits per heavy atom. The number of carbonyl (C=O) groups is 1. The van der Waals surface area contributed by atoms with Gasteiger partial charge in [-0.25, -0.2) is 9.78 Å². The summed E-state index contributed by atoms with van der Waals surface area (Å²) in [6.07, 6.45) is -0.158. The first-order chi connectivity index (χ1) is 11.1. The fraction of sp³-hybridized carbons (Fsp3) is 0.412. The van der Waals surface area contributed by atoms with Crippen LogP contribution >= 0.6 is 0 Å². The lowest BCUT2D eigenvalue weighted by atomic mass is 9.90. The first-order valence-electron chi connectivity index (χ1n) is 7.85. The van der Waals surface area contributed by atoms with E-state index in [1.807, 2.05) is 24.3 Å². The number of aromatic carboxylic acids is 1. The molecule has 2 heterocycles. The van der Waals surface area contributed by atoms with Crippen molar-refractivity contribution in [1.82, 2.24) is 15.6 Å². The van der Waals surface area contributed by atoms with E-state index in [4.69, 9.17) is 0 Å². The van der Waals surface area contributed by atoms with Crippen molar-refractivity contribution in [2.75, 3.05) is 19.6 Å². The van der Waals surface area contributed by atoms with Crippen molar-refractivity contribution < 1.29 is 15.0 Å². The summed E-state index contributed by atoms with van der Waals surface area (Å²) in [5.41, 5.74) is 2.27. The number of aliphatic hydroxyl groups excluding tert-OH is 1. The summed E-state index contributed by atoms with van der Waals surface area (Å²) in [4.78, 5) is 16.1. The summed E-state index contributed by atoms with van der Waals surface area (Å²) in [5, 5.41) is 27.1. The van der Waals surface area contributed by atoms with Crippen molar-refractivity contribution in [1.29, 1.82) is 0 Å². The fourth-order valence-corrected chi connectivity index (χ4v) is 3.21. The van der Waals surface area contributed by atoms with Crippen LogP contribution in [0.4, 0.5) is 0 Å². The Kier molecular flexibility index (Phi) is 4.56. The molecule has 6 heteroatoms. The van der Waals surface area contributed by atoms with Gasteiger partial charge in [-0.05, 0) is 25.0 Å². The molecule has 0 bridgehead atoms. The Morgan fingerprint density at radius 1 is 1.39 bits per heavy atom. The molecular weight excluding hydrogens is 294 g/mol. The lowest BCUT2D eigenvalue weighted by molar-refractivity contribution is 0.0688. The highest BCUT2D eigenvalue weighted by Gasteiger charge is 2.27. The molecule has 2 atom stereocenters. The molecule has 2 unspecified atom stereocenters.